The highest BCUT2D eigenvalue weighted by Gasteiger charge is 2.32. The number of nitrogens with one attached hydrogen (secondary N) is 3. The maximum atomic E-state index is 13.3. The van der Waals surface area contributed by atoms with Crippen molar-refractivity contribution in [3.8, 4) is 0 Å². The van der Waals surface area contributed by atoms with Crippen LogP contribution in [-0.2, 0) is 16.0 Å². The number of benzene rings is 1. The number of pyridine rings is 1. The number of nitrogens with zero attached hydrogens (tertiary/aromatic N) is 2. The van der Waals surface area contributed by atoms with Crippen molar-refractivity contribution in [2.24, 2.45) is 0 Å². The van der Waals surface area contributed by atoms with E-state index < -0.39 is 6.04 Å². The van der Waals surface area contributed by atoms with Gasteiger partial charge in [-0.2, -0.15) is 0 Å². The van der Waals surface area contributed by atoms with E-state index in [1.165, 1.54) is 6.92 Å². The Labute approximate surface area is 190 Å². The summed E-state index contributed by atoms with van der Waals surface area (Å²) in [6.45, 7) is 2.42. The van der Waals surface area contributed by atoms with E-state index in [1.807, 2.05) is 30.3 Å². The third-order valence-corrected chi connectivity index (χ3v) is 5.72. The van der Waals surface area contributed by atoms with Gasteiger partial charge in [-0.1, -0.05) is 41.9 Å². The summed E-state index contributed by atoms with van der Waals surface area (Å²) < 4.78 is 0. The fourth-order valence-electron chi connectivity index (χ4n) is 4.00. The van der Waals surface area contributed by atoms with E-state index in [9.17, 15) is 14.4 Å². The van der Waals surface area contributed by atoms with Crippen LogP contribution in [0.15, 0.2) is 48.7 Å². The van der Waals surface area contributed by atoms with Gasteiger partial charge in [0.15, 0.2) is 0 Å². The highest BCUT2D eigenvalue weighted by Crippen LogP contribution is 2.19. The molecule has 2 atom stereocenters. The summed E-state index contributed by atoms with van der Waals surface area (Å²) in [6, 6.07) is 12.1. The van der Waals surface area contributed by atoms with Crippen molar-refractivity contribution in [1.82, 2.24) is 25.5 Å². The average molecular weight is 454 g/mol. The van der Waals surface area contributed by atoms with Crippen molar-refractivity contribution in [1.29, 1.82) is 0 Å². The highest BCUT2D eigenvalue weighted by atomic mass is 35.5. The normalized spacial score (nSPS) is 16.7. The minimum atomic E-state index is -0.742. The number of likely N-dealkylation sites (tertiary alicyclic amines) is 1. The van der Waals surface area contributed by atoms with Crippen LogP contribution in [0.25, 0.3) is 10.9 Å². The van der Waals surface area contributed by atoms with Gasteiger partial charge in [0.05, 0.1) is 11.7 Å². The summed E-state index contributed by atoms with van der Waals surface area (Å²) in [4.78, 5) is 46.4. The monoisotopic (exact) mass is 453 g/mol. The van der Waals surface area contributed by atoms with Gasteiger partial charge in [0.25, 0.3) is 5.91 Å². The van der Waals surface area contributed by atoms with Crippen LogP contribution in [-0.4, -0.2) is 57.8 Å². The highest BCUT2D eigenvalue weighted by molar-refractivity contribution is 6.30. The zero-order valence-corrected chi connectivity index (χ0v) is 18.4. The smallest absolute Gasteiger partial charge is 0.268 e. The van der Waals surface area contributed by atoms with Crippen LogP contribution in [0, 0.1) is 0 Å². The van der Waals surface area contributed by atoms with E-state index in [1.54, 1.807) is 23.2 Å². The van der Waals surface area contributed by atoms with E-state index in [2.05, 4.69) is 20.6 Å². The third-order valence-electron chi connectivity index (χ3n) is 5.51. The molecule has 1 aliphatic rings. The number of hydrogen-bond donors (Lipinski definition) is 3. The molecule has 3 aromatic rings. The molecule has 0 aliphatic carbocycles. The van der Waals surface area contributed by atoms with Crippen molar-refractivity contribution in [2.45, 2.75) is 31.8 Å². The minimum absolute atomic E-state index is 0.0736. The minimum Gasteiger partial charge on any atom is -0.352 e. The Hall–Kier alpha value is -3.39. The second-order valence-corrected chi connectivity index (χ2v) is 8.35. The van der Waals surface area contributed by atoms with Gasteiger partial charge in [-0.15, -0.1) is 0 Å². The molecule has 0 radical (unpaired) electrons. The Bertz CT molecular complexity index is 1150. The molecule has 2 aromatic heterocycles. The first-order valence-corrected chi connectivity index (χ1v) is 10.8. The standard InChI is InChI=1S/C23H24ClN5O3/c1-14(30)26-17-7-8-29(13-17)23(32)19(9-15-5-3-2-4-6-15)28-22(31)18-10-16-11-21(24)25-12-20(16)27-18/h2-6,10-12,17,19,27H,7-9,13H2,1H3,(H,26,30)(H,28,31)/t17?,19-/m0/s1. The van der Waals surface area contributed by atoms with E-state index >= 15 is 0 Å². The van der Waals surface area contributed by atoms with Gasteiger partial charge in [0.1, 0.15) is 16.9 Å². The largest absolute Gasteiger partial charge is 0.352 e. The van der Waals surface area contributed by atoms with Gasteiger partial charge >= 0.3 is 0 Å². The van der Waals surface area contributed by atoms with Crippen LogP contribution in [0.4, 0.5) is 0 Å². The van der Waals surface area contributed by atoms with E-state index in [0.29, 0.717) is 42.3 Å². The van der Waals surface area contributed by atoms with Crippen molar-refractivity contribution >= 4 is 40.2 Å². The number of aromatic amines is 1. The topological polar surface area (TPSA) is 107 Å². The van der Waals surface area contributed by atoms with Gasteiger partial charge in [-0.3, -0.25) is 14.4 Å². The second-order valence-electron chi connectivity index (χ2n) is 7.96. The van der Waals surface area contributed by atoms with Crippen molar-refractivity contribution < 1.29 is 14.4 Å². The number of hydrogen-bond acceptors (Lipinski definition) is 4. The molecule has 3 amide bonds. The Morgan fingerprint density at radius 2 is 2.03 bits per heavy atom. The number of H-pyrrole nitrogens is 1. The molecule has 0 saturated carbocycles. The predicted octanol–water partition coefficient (Wildman–Crippen LogP) is 2.29. The van der Waals surface area contributed by atoms with Crippen LogP contribution < -0.4 is 10.6 Å². The fourth-order valence-corrected chi connectivity index (χ4v) is 4.17. The first-order valence-electron chi connectivity index (χ1n) is 10.4. The molecule has 166 valence electrons. The van der Waals surface area contributed by atoms with Gasteiger partial charge < -0.3 is 20.5 Å². The number of aromatic nitrogens is 2. The molecular weight excluding hydrogens is 430 g/mol. The molecular formula is C23H24ClN5O3. The summed E-state index contributed by atoms with van der Waals surface area (Å²) in [5, 5.41) is 6.85. The molecule has 1 aliphatic heterocycles. The molecule has 3 N–H and O–H groups in total. The summed E-state index contributed by atoms with van der Waals surface area (Å²) >= 11 is 5.94. The third kappa shape index (κ3) is 5.08. The van der Waals surface area contributed by atoms with Crippen molar-refractivity contribution in [2.75, 3.05) is 13.1 Å². The Morgan fingerprint density at radius 3 is 2.78 bits per heavy atom. The molecule has 3 heterocycles. The van der Waals surface area contributed by atoms with Crippen LogP contribution in [0.3, 0.4) is 0 Å². The zero-order valence-electron chi connectivity index (χ0n) is 17.6. The Morgan fingerprint density at radius 1 is 1.25 bits per heavy atom. The molecule has 9 heteroatoms. The fraction of sp³-hybridized carbons (Fsp3) is 0.304. The van der Waals surface area contributed by atoms with Crippen LogP contribution in [0.1, 0.15) is 29.4 Å². The molecule has 1 aromatic carbocycles. The maximum absolute atomic E-state index is 13.3. The number of rotatable bonds is 6. The van der Waals surface area contributed by atoms with Crippen molar-refractivity contribution in [3.05, 3.63) is 65.1 Å². The molecule has 4 rings (SSSR count). The zero-order chi connectivity index (χ0) is 22.7. The summed E-state index contributed by atoms with van der Waals surface area (Å²) in [5.41, 5.74) is 1.95. The molecule has 1 fully saturated rings. The van der Waals surface area contributed by atoms with Crippen molar-refractivity contribution in [3.63, 3.8) is 0 Å². The molecule has 1 unspecified atom stereocenters. The Kier molecular flexibility index (Phi) is 6.41. The lowest BCUT2D eigenvalue weighted by Crippen LogP contribution is -2.50. The van der Waals surface area contributed by atoms with Gasteiger partial charge in [-0.05, 0) is 24.1 Å². The van der Waals surface area contributed by atoms with Crippen LogP contribution >= 0.6 is 11.6 Å². The number of carbonyl (C=O) groups excluding carboxylic acids is 3. The lowest BCUT2D eigenvalue weighted by Gasteiger charge is -2.24. The molecule has 0 bridgehead atoms. The Balaban J connectivity index is 1.52. The molecule has 32 heavy (non-hydrogen) atoms. The lowest BCUT2D eigenvalue weighted by molar-refractivity contribution is -0.132. The van der Waals surface area contributed by atoms with E-state index in [-0.39, 0.29) is 23.8 Å². The molecule has 0 spiro atoms. The van der Waals surface area contributed by atoms with Gasteiger partial charge in [-0.25, -0.2) is 4.98 Å². The SMILES string of the molecule is CC(=O)NC1CCN(C(=O)[C@H](Cc2ccccc2)NC(=O)c2cc3cc(Cl)ncc3[nH]2)C1. The second kappa shape index (κ2) is 9.40. The number of fused-ring (bicyclic) bond motifs is 1. The number of amides is 3. The van der Waals surface area contributed by atoms with E-state index in [4.69, 9.17) is 11.6 Å². The number of carbonyl (C=O) groups is 3. The number of halogens is 1. The van der Waals surface area contributed by atoms with E-state index in [0.717, 1.165) is 10.9 Å². The molecule has 1 saturated heterocycles. The predicted molar refractivity (Wildman–Crippen MR) is 121 cm³/mol. The van der Waals surface area contributed by atoms with Crippen LogP contribution in [0.5, 0.6) is 0 Å². The first-order chi connectivity index (χ1) is 15.4. The summed E-state index contributed by atoms with van der Waals surface area (Å²) in [7, 11) is 0. The maximum Gasteiger partial charge on any atom is 0.268 e. The van der Waals surface area contributed by atoms with Gasteiger partial charge in [0, 0.05) is 37.9 Å². The van der Waals surface area contributed by atoms with Crippen LogP contribution in [0.2, 0.25) is 5.15 Å². The lowest BCUT2D eigenvalue weighted by atomic mass is 10.0. The first kappa shape index (κ1) is 21.8. The summed E-state index contributed by atoms with van der Waals surface area (Å²) in [6.07, 6.45) is 2.61. The average Bonchev–Trinajstić information content (AvgIpc) is 3.39. The summed E-state index contributed by atoms with van der Waals surface area (Å²) in [5.74, 6) is -0.674. The molecule has 8 nitrogen and oxygen atoms in total. The van der Waals surface area contributed by atoms with Gasteiger partial charge in [0.2, 0.25) is 11.8 Å². The quantitative estimate of drug-likeness (QED) is 0.498.